The second kappa shape index (κ2) is 7.75. The van der Waals surface area contributed by atoms with Crippen LogP contribution in [0.5, 0.6) is 0 Å². The molecular weight excluding hydrogens is 367 g/mol. The van der Waals surface area contributed by atoms with Gasteiger partial charge in [-0.3, -0.25) is 4.79 Å². The zero-order chi connectivity index (χ0) is 17.1. The SMILES string of the molecule is O=C(N[C@H]1CCNCC1c1ccc(Cl)c(Cl)c1)c1ccc(Cl)cc1. The number of amides is 1. The number of carbonyl (C=O) groups is 1. The number of nitrogens with one attached hydrogen (secondary N) is 2. The van der Waals surface area contributed by atoms with E-state index < -0.39 is 0 Å². The Morgan fingerprint density at radius 1 is 1.04 bits per heavy atom. The number of halogens is 3. The minimum atomic E-state index is -0.0939. The van der Waals surface area contributed by atoms with Crippen LogP contribution in [-0.2, 0) is 0 Å². The summed E-state index contributed by atoms with van der Waals surface area (Å²) in [5, 5.41) is 8.19. The number of hydrogen-bond donors (Lipinski definition) is 2. The minimum absolute atomic E-state index is 0.0340. The van der Waals surface area contributed by atoms with Crippen molar-refractivity contribution in [2.75, 3.05) is 13.1 Å². The predicted molar refractivity (Wildman–Crippen MR) is 99.4 cm³/mol. The fourth-order valence-corrected chi connectivity index (χ4v) is 3.41. The van der Waals surface area contributed by atoms with Crippen molar-refractivity contribution in [2.24, 2.45) is 0 Å². The van der Waals surface area contributed by atoms with Gasteiger partial charge in [-0.1, -0.05) is 40.9 Å². The molecule has 24 heavy (non-hydrogen) atoms. The monoisotopic (exact) mass is 382 g/mol. The van der Waals surface area contributed by atoms with Crippen molar-refractivity contribution in [3.63, 3.8) is 0 Å². The molecule has 0 saturated carbocycles. The fraction of sp³-hybridized carbons (Fsp3) is 0.278. The largest absolute Gasteiger partial charge is 0.349 e. The summed E-state index contributed by atoms with van der Waals surface area (Å²) in [7, 11) is 0. The maximum Gasteiger partial charge on any atom is 0.251 e. The van der Waals surface area contributed by atoms with E-state index in [1.54, 1.807) is 30.3 Å². The molecule has 2 aromatic rings. The Bertz CT molecular complexity index is 734. The van der Waals surface area contributed by atoms with Crippen LogP contribution in [0.15, 0.2) is 42.5 Å². The zero-order valence-corrected chi connectivity index (χ0v) is 15.1. The Kier molecular flexibility index (Phi) is 5.67. The van der Waals surface area contributed by atoms with Crippen LogP contribution in [0.4, 0.5) is 0 Å². The lowest BCUT2D eigenvalue weighted by atomic mass is 9.86. The molecule has 6 heteroatoms. The molecule has 1 amide bonds. The molecule has 0 radical (unpaired) electrons. The first kappa shape index (κ1) is 17.6. The molecule has 2 atom stereocenters. The lowest BCUT2D eigenvalue weighted by Gasteiger charge is -2.33. The summed E-state index contributed by atoms with van der Waals surface area (Å²) >= 11 is 18.0. The molecule has 2 N–H and O–H groups in total. The van der Waals surface area contributed by atoms with Gasteiger partial charge in [-0.05, 0) is 54.9 Å². The van der Waals surface area contributed by atoms with Crippen molar-refractivity contribution >= 4 is 40.7 Å². The molecule has 1 aliphatic heterocycles. The average Bonchev–Trinajstić information content (AvgIpc) is 2.58. The zero-order valence-electron chi connectivity index (χ0n) is 12.9. The topological polar surface area (TPSA) is 41.1 Å². The lowest BCUT2D eigenvalue weighted by Crippen LogP contribution is -2.48. The van der Waals surface area contributed by atoms with Crippen LogP contribution in [0.25, 0.3) is 0 Å². The summed E-state index contributed by atoms with van der Waals surface area (Å²) in [5.41, 5.74) is 1.67. The Labute approximate surface area is 156 Å². The van der Waals surface area contributed by atoms with E-state index in [1.165, 1.54) is 0 Å². The van der Waals surface area contributed by atoms with Gasteiger partial charge in [-0.25, -0.2) is 0 Å². The summed E-state index contributed by atoms with van der Waals surface area (Å²) in [4.78, 5) is 12.5. The van der Waals surface area contributed by atoms with E-state index in [4.69, 9.17) is 34.8 Å². The second-order valence-corrected chi connectivity index (χ2v) is 7.11. The van der Waals surface area contributed by atoms with Gasteiger partial charge in [0.15, 0.2) is 0 Å². The molecule has 0 aromatic heterocycles. The molecule has 1 saturated heterocycles. The third-order valence-electron chi connectivity index (χ3n) is 4.28. The number of carbonyl (C=O) groups excluding carboxylic acids is 1. The van der Waals surface area contributed by atoms with E-state index in [0.29, 0.717) is 20.6 Å². The van der Waals surface area contributed by atoms with E-state index in [2.05, 4.69) is 10.6 Å². The molecule has 1 fully saturated rings. The van der Waals surface area contributed by atoms with Crippen molar-refractivity contribution in [1.29, 1.82) is 0 Å². The Morgan fingerprint density at radius 2 is 1.79 bits per heavy atom. The van der Waals surface area contributed by atoms with Crippen LogP contribution >= 0.6 is 34.8 Å². The summed E-state index contributed by atoms with van der Waals surface area (Å²) in [6, 6.07) is 12.6. The summed E-state index contributed by atoms with van der Waals surface area (Å²) in [6.07, 6.45) is 0.851. The van der Waals surface area contributed by atoms with E-state index in [-0.39, 0.29) is 17.9 Å². The second-order valence-electron chi connectivity index (χ2n) is 5.86. The average molecular weight is 384 g/mol. The first-order valence-corrected chi connectivity index (χ1v) is 8.90. The molecule has 1 heterocycles. The summed E-state index contributed by atoms with van der Waals surface area (Å²) in [6.45, 7) is 1.65. The number of piperidine rings is 1. The molecule has 0 aliphatic carbocycles. The van der Waals surface area contributed by atoms with E-state index in [0.717, 1.165) is 25.1 Å². The molecule has 2 aromatic carbocycles. The van der Waals surface area contributed by atoms with Crippen LogP contribution < -0.4 is 10.6 Å². The fourth-order valence-electron chi connectivity index (χ4n) is 2.98. The van der Waals surface area contributed by atoms with Gasteiger partial charge in [0.2, 0.25) is 0 Å². The van der Waals surface area contributed by atoms with Crippen molar-refractivity contribution in [1.82, 2.24) is 10.6 Å². The van der Waals surface area contributed by atoms with Gasteiger partial charge in [0.25, 0.3) is 5.91 Å². The third-order valence-corrected chi connectivity index (χ3v) is 5.27. The Morgan fingerprint density at radius 3 is 2.50 bits per heavy atom. The standard InChI is InChI=1S/C18H17Cl3N2O/c19-13-4-1-11(2-5-13)18(24)23-17-7-8-22-10-14(17)12-3-6-15(20)16(21)9-12/h1-6,9,14,17,22H,7-8,10H2,(H,23,24)/t14?,17-/m0/s1. The molecule has 3 rings (SSSR count). The highest BCUT2D eigenvalue weighted by molar-refractivity contribution is 6.42. The van der Waals surface area contributed by atoms with E-state index in [1.807, 2.05) is 12.1 Å². The molecule has 3 nitrogen and oxygen atoms in total. The number of hydrogen-bond acceptors (Lipinski definition) is 2. The van der Waals surface area contributed by atoms with Gasteiger partial charge in [-0.2, -0.15) is 0 Å². The number of benzene rings is 2. The molecule has 0 bridgehead atoms. The first-order valence-electron chi connectivity index (χ1n) is 7.76. The highest BCUT2D eigenvalue weighted by atomic mass is 35.5. The molecule has 1 aliphatic rings. The summed E-state index contributed by atoms with van der Waals surface area (Å²) in [5.74, 6) is 0.0494. The predicted octanol–water partition coefficient (Wildman–Crippen LogP) is 4.52. The van der Waals surface area contributed by atoms with E-state index in [9.17, 15) is 4.79 Å². The first-order chi connectivity index (χ1) is 11.5. The van der Waals surface area contributed by atoms with E-state index >= 15 is 0 Å². The number of rotatable bonds is 3. The van der Waals surface area contributed by atoms with Crippen molar-refractivity contribution in [3.05, 3.63) is 68.7 Å². The van der Waals surface area contributed by atoms with Gasteiger partial charge in [0.1, 0.15) is 0 Å². The van der Waals surface area contributed by atoms with Crippen LogP contribution in [0, 0.1) is 0 Å². The van der Waals surface area contributed by atoms with Gasteiger partial charge in [0, 0.05) is 29.1 Å². The van der Waals surface area contributed by atoms with Crippen molar-refractivity contribution in [3.8, 4) is 0 Å². The maximum absolute atomic E-state index is 12.5. The molecule has 126 valence electrons. The van der Waals surface area contributed by atoms with Crippen LogP contribution in [0.2, 0.25) is 15.1 Å². The van der Waals surface area contributed by atoms with Gasteiger partial charge < -0.3 is 10.6 Å². The van der Waals surface area contributed by atoms with Gasteiger partial charge >= 0.3 is 0 Å². The maximum atomic E-state index is 12.5. The quantitative estimate of drug-likeness (QED) is 0.818. The highest BCUT2D eigenvalue weighted by Crippen LogP contribution is 2.30. The van der Waals surface area contributed by atoms with Gasteiger partial charge in [-0.15, -0.1) is 0 Å². The van der Waals surface area contributed by atoms with Crippen LogP contribution in [0.1, 0.15) is 28.3 Å². The summed E-state index contributed by atoms with van der Waals surface area (Å²) < 4.78 is 0. The smallest absolute Gasteiger partial charge is 0.251 e. The lowest BCUT2D eigenvalue weighted by molar-refractivity contribution is 0.0923. The Hall–Kier alpha value is -1.26. The molecular formula is C18H17Cl3N2O. The minimum Gasteiger partial charge on any atom is -0.349 e. The third kappa shape index (κ3) is 4.04. The van der Waals surface area contributed by atoms with Crippen LogP contribution in [-0.4, -0.2) is 25.0 Å². The highest BCUT2D eigenvalue weighted by Gasteiger charge is 2.28. The van der Waals surface area contributed by atoms with Crippen LogP contribution in [0.3, 0.4) is 0 Å². The Balaban J connectivity index is 1.78. The normalized spacial score (nSPS) is 20.6. The molecule has 1 unspecified atom stereocenters. The van der Waals surface area contributed by atoms with Gasteiger partial charge in [0.05, 0.1) is 10.0 Å². The van der Waals surface area contributed by atoms with Crippen molar-refractivity contribution in [2.45, 2.75) is 18.4 Å². The van der Waals surface area contributed by atoms with Crippen molar-refractivity contribution < 1.29 is 4.79 Å². The molecule has 0 spiro atoms.